The van der Waals surface area contributed by atoms with Gasteiger partial charge in [0.2, 0.25) is 0 Å². The highest BCUT2D eigenvalue weighted by Crippen LogP contribution is 2.19. The minimum Gasteiger partial charge on any atom is -1.00 e. The van der Waals surface area contributed by atoms with Crippen LogP contribution in [0.3, 0.4) is 0 Å². The van der Waals surface area contributed by atoms with Crippen LogP contribution in [0.5, 0.6) is 5.75 Å². The predicted molar refractivity (Wildman–Crippen MR) is 47.7 cm³/mol. The summed E-state index contributed by atoms with van der Waals surface area (Å²) in [7, 11) is 6.27. The van der Waals surface area contributed by atoms with E-state index in [4.69, 9.17) is 5.11 Å². The molecule has 0 aliphatic carbocycles. The highest BCUT2D eigenvalue weighted by Gasteiger charge is 2.10. The smallest absolute Gasteiger partial charge is 0.132 e. The highest BCUT2D eigenvalue weighted by molar-refractivity contribution is 5.44. The molecule has 0 saturated carbocycles. The van der Waals surface area contributed by atoms with Gasteiger partial charge in [0.25, 0.3) is 0 Å². The third-order valence-electron chi connectivity index (χ3n) is 1.62. The molecule has 0 heterocycles. The third kappa shape index (κ3) is 2.72. The van der Waals surface area contributed by atoms with Gasteiger partial charge in [0, 0.05) is 12.1 Å². The molecule has 0 spiro atoms. The van der Waals surface area contributed by atoms with Crippen molar-refractivity contribution in [3.8, 4) is 5.75 Å². The molecule has 0 aliphatic rings. The monoisotopic (exact) mass is 187 g/mol. The number of phenolic OH excluding ortho intramolecular Hbond substituents is 1. The molecule has 0 bridgehead atoms. The maximum atomic E-state index is 9.02. The molecule has 12 heavy (non-hydrogen) atoms. The number of nitrogens with zero attached hydrogens (tertiary/aromatic N) is 1. The second-order valence-electron chi connectivity index (χ2n) is 3.53. The molecule has 0 atom stereocenters. The molecule has 0 saturated heterocycles. The van der Waals surface area contributed by atoms with Crippen LogP contribution in [0, 0.1) is 0 Å². The Morgan fingerprint density at radius 3 is 1.75 bits per heavy atom. The zero-order valence-corrected chi connectivity index (χ0v) is 8.34. The van der Waals surface area contributed by atoms with Gasteiger partial charge >= 0.3 is 0 Å². The van der Waals surface area contributed by atoms with Crippen LogP contribution in [0.25, 0.3) is 0 Å². The second kappa shape index (κ2) is 3.78. The van der Waals surface area contributed by atoms with Crippen molar-refractivity contribution in [2.45, 2.75) is 0 Å². The van der Waals surface area contributed by atoms with E-state index in [1.807, 2.05) is 12.1 Å². The lowest BCUT2D eigenvalue weighted by Crippen LogP contribution is -3.00. The standard InChI is InChI=1S/C9H13NO.ClH/c1-10(2,3)8-4-6-9(11)7-5-8;/h4-7H,1-3H3;1H. The number of rotatable bonds is 1. The van der Waals surface area contributed by atoms with Crippen LogP contribution in [0.15, 0.2) is 24.3 Å². The average Bonchev–Trinajstić information content (AvgIpc) is 1.86. The van der Waals surface area contributed by atoms with Crippen molar-refractivity contribution >= 4 is 5.69 Å². The van der Waals surface area contributed by atoms with Gasteiger partial charge < -0.3 is 17.5 Å². The van der Waals surface area contributed by atoms with Gasteiger partial charge in [-0.2, -0.15) is 0 Å². The van der Waals surface area contributed by atoms with E-state index in [0.29, 0.717) is 5.75 Å². The molecular formula is C9H14ClNO. The molecule has 0 aliphatic heterocycles. The number of quaternary nitrogens is 1. The van der Waals surface area contributed by atoms with Crippen molar-refractivity contribution in [1.82, 2.24) is 4.48 Å². The lowest BCUT2D eigenvalue weighted by molar-refractivity contribution is -0.00000362. The van der Waals surface area contributed by atoms with Gasteiger partial charge in [-0.3, -0.25) is 4.48 Å². The SMILES string of the molecule is C[N+](C)(C)c1ccc(O)cc1.[Cl-]. The summed E-state index contributed by atoms with van der Waals surface area (Å²) in [4.78, 5) is 0. The summed E-state index contributed by atoms with van der Waals surface area (Å²) in [6, 6.07) is 7.27. The van der Waals surface area contributed by atoms with Crippen LogP contribution in [0.4, 0.5) is 5.69 Å². The lowest BCUT2D eigenvalue weighted by Gasteiger charge is -2.22. The topological polar surface area (TPSA) is 20.2 Å². The van der Waals surface area contributed by atoms with Gasteiger partial charge in [-0.25, -0.2) is 0 Å². The minimum absolute atomic E-state index is 0. The van der Waals surface area contributed by atoms with Gasteiger partial charge in [0.1, 0.15) is 11.4 Å². The highest BCUT2D eigenvalue weighted by atomic mass is 35.5. The number of phenols is 1. The van der Waals surface area contributed by atoms with Gasteiger partial charge in [-0.15, -0.1) is 0 Å². The summed E-state index contributed by atoms with van der Waals surface area (Å²) in [6.45, 7) is 0. The Balaban J connectivity index is 0.00000121. The van der Waals surface area contributed by atoms with Gasteiger partial charge in [0.15, 0.2) is 0 Å². The first-order valence-electron chi connectivity index (χ1n) is 3.61. The van der Waals surface area contributed by atoms with Crippen LogP contribution < -0.4 is 16.9 Å². The molecule has 0 unspecified atom stereocenters. The zero-order valence-electron chi connectivity index (χ0n) is 7.58. The van der Waals surface area contributed by atoms with E-state index < -0.39 is 0 Å². The molecule has 2 nitrogen and oxygen atoms in total. The van der Waals surface area contributed by atoms with Gasteiger partial charge in [-0.05, 0) is 12.1 Å². The van der Waals surface area contributed by atoms with Crippen LogP contribution in [0.2, 0.25) is 0 Å². The summed E-state index contributed by atoms with van der Waals surface area (Å²) in [5, 5.41) is 9.02. The van der Waals surface area contributed by atoms with Gasteiger partial charge in [0.05, 0.1) is 21.1 Å². The molecular weight excluding hydrogens is 174 g/mol. The normalized spacial score (nSPS) is 10.6. The van der Waals surface area contributed by atoms with Crippen molar-refractivity contribution in [2.75, 3.05) is 21.1 Å². The molecule has 0 amide bonds. The van der Waals surface area contributed by atoms with E-state index >= 15 is 0 Å². The fourth-order valence-electron chi connectivity index (χ4n) is 0.900. The summed E-state index contributed by atoms with van der Waals surface area (Å²) in [6.07, 6.45) is 0. The van der Waals surface area contributed by atoms with E-state index in [1.54, 1.807) is 12.1 Å². The molecule has 1 rings (SSSR count). The molecule has 1 aromatic rings. The molecule has 0 radical (unpaired) electrons. The van der Waals surface area contributed by atoms with Gasteiger partial charge in [-0.1, -0.05) is 0 Å². The van der Waals surface area contributed by atoms with Crippen molar-refractivity contribution in [2.24, 2.45) is 0 Å². The largest absolute Gasteiger partial charge is 1.00 e. The van der Waals surface area contributed by atoms with Crippen molar-refractivity contribution in [1.29, 1.82) is 0 Å². The summed E-state index contributed by atoms with van der Waals surface area (Å²) in [5.41, 5.74) is 1.18. The van der Waals surface area contributed by atoms with Crippen molar-refractivity contribution in [3.63, 3.8) is 0 Å². The average molecular weight is 188 g/mol. The van der Waals surface area contributed by atoms with Crippen LogP contribution >= 0.6 is 0 Å². The molecule has 1 N–H and O–H groups in total. The Morgan fingerprint density at radius 2 is 1.42 bits per heavy atom. The quantitative estimate of drug-likeness (QED) is 0.536. The third-order valence-corrected chi connectivity index (χ3v) is 1.62. The molecule has 0 fully saturated rings. The fourth-order valence-corrected chi connectivity index (χ4v) is 0.900. The summed E-state index contributed by atoms with van der Waals surface area (Å²) in [5.74, 6) is 0.321. The van der Waals surface area contributed by atoms with E-state index in [1.165, 1.54) is 5.69 Å². The molecule has 1 aromatic carbocycles. The molecule has 3 heteroatoms. The Labute approximate surface area is 79.4 Å². The van der Waals surface area contributed by atoms with Crippen LogP contribution in [-0.2, 0) is 0 Å². The van der Waals surface area contributed by atoms with Crippen molar-refractivity contribution < 1.29 is 17.5 Å². The summed E-state index contributed by atoms with van der Waals surface area (Å²) < 4.78 is 0.778. The fraction of sp³-hybridized carbons (Fsp3) is 0.333. The second-order valence-corrected chi connectivity index (χ2v) is 3.53. The van der Waals surface area contributed by atoms with E-state index in [9.17, 15) is 0 Å². The first-order valence-corrected chi connectivity index (χ1v) is 3.61. The van der Waals surface area contributed by atoms with E-state index in [0.717, 1.165) is 4.48 Å². The molecule has 68 valence electrons. The maximum Gasteiger partial charge on any atom is 0.132 e. The van der Waals surface area contributed by atoms with Crippen LogP contribution in [0.1, 0.15) is 0 Å². The van der Waals surface area contributed by atoms with E-state index in [2.05, 4.69) is 21.1 Å². The zero-order chi connectivity index (χ0) is 8.48. The summed E-state index contributed by atoms with van der Waals surface area (Å²) >= 11 is 0. The number of halogens is 1. The first kappa shape index (κ1) is 11.3. The number of hydrogen-bond donors (Lipinski definition) is 1. The number of hydrogen-bond acceptors (Lipinski definition) is 1. The van der Waals surface area contributed by atoms with E-state index in [-0.39, 0.29) is 12.4 Å². The van der Waals surface area contributed by atoms with Crippen molar-refractivity contribution in [3.05, 3.63) is 24.3 Å². The Morgan fingerprint density at radius 1 is 1.00 bits per heavy atom. The first-order chi connectivity index (χ1) is 5.00. The Kier molecular flexibility index (Phi) is 3.55. The Hall–Kier alpha value is -0.730. The lowest BCUT2D eigenvalue weighted by atomic mass is 10.2. The maximum absolute atomic E-state index is 9.02. The van der Waals surface area contributed by atoms with Crippen LogP contribution in [-0.4, -0.2) is 26.2 Å². The number of aromatic hydroxyl groups is 1. The predicted octanol–water partition coefficient (Wildman–Crippen LogP) is -1.41. The Bertz CT molecular complexity index is 238. The molecule has 0 aromatic heterocycles. The minimum atomic E-state index is 0. The number of benzene rings is 1.